The summed E-state index contributed by atoms with van der Waals surface area (Å²) >= 11 is 0. The van der Waals surface area contributed by atoms with Crippen LogP contribution in [-0.2, 0) is 13.1 Å². The van der Waals surface area contributed by atoms with Crippen LogP contribution in [0.3, 0.4) is 0 Å². The van der Waals surface area contributed by atoms with Crippen LogP contribution in [-0.4, -0.2) is 27.6 Å². The molecule has 0 bridgehead atoms. The lowest BCUT2D eigenvalue weighted by Crippen LogP contribution is -2.21. The highest BCUT2D eigenvalue weighted by atomic mass is 19.2. The second kappa shape index (κ2) is 7.12. The van der Waals surface area contributed by atoms with Crippen molar-refractivity contribution >= 4 is 0 Å². The van der Waals surface area contributed by atoms with Crippen LogP contribution in [0.4, 0.5) is 8.78 Å². The Morgan fingerprint density at radius 2 is 2.14 bits per heavy atom. The topological polar surface area (TPSA) is 52.0 Å². The molecular weight excluding hydrogens is 278 g/mol. The standard InChI is InChI=1S/C14H18F2N4O/c1-10(2)17-8-11-9-20(19-18-11)6-7-21-13-5-3-4-12(15)14(13)16/h3-5,9-10,17H,6-8H2,1-2H3. The van der Waals surface area contributed by atoms with E-state index in [1.807, 2.05) is 13.8 Å². The summed E-state index contributed by atoms with van der Waals surface area (Å²) in [7, 11) is 0. The molecule has 114 valence electrons. The lowest BCUT2D eigenvalue weighted by atomic mass is 10.3. The summed E-state index contributed by atoms with van der Waals surface area (Å²) in [6.07, 6.45) is 1.79. The highest BCUT2D eigenvalue weighted by molar-refractivity contribution is 5.24. The Labute approximate surface area is 121 Å². The molecule has 1 aromatic heterocycles. The van der Waals surface area contributed by atoms with Crippen LogP contribution in [0.5, 0.6) is 5.75 Å². The number of nitrogens with zero attached hydrogens (tertiary/aromatic N) is 3. The fourth-order valence-electron chi connectivity index (χ4n) is 1.68. The largest absolute Gasteiger partial charge is 0.488 e. The SMILES string of the molecule is CC(C)NCc1cn(CCOc2cccc(F)c2F)nn1. The first-order chi connectivity index (χ1) is 10.1. The van der Waals surface area contributed by atoms with E-state index in [2.05, 4.69) is 15.6 Å². The smallest absolute Gasteiger partial charge is 0.200 e. The molecule has 21 heavy (non-hydrogen) atoms. The average Bonchev–Trinajstić information content (AvgIpc) is 2.89. The maximum Gasteiger partial charge on any atom is 0.200 e. The first kappa shape index (κ1) is 15.4. The van der Waals surface area contributed by atoms with E-state index in [1.165, 1.54) is 12.1 Å². The molecule has 0 saturated heterocycles. The van der Waals surface area contributed by atoms with Crippen molar-refractivity contribution in [1.82, 2.24) is 20.3 Å². The molecule has 0 spiro atoms. The van der Waals surface area contributed by atoms with Crippen molar-refractivity contribution in [2.75, 3.05) is 6.61 Å². The van der Waals surface area contributed by atoms with Gasteiger partial charge >= 0.3 is 0 Å². The third-order valence-corrected chi connectivity index (χ3v) is 2.77. The van der Waals surface area contributed by atoms with Gasteiger partial charge in [0.05, 0.1) is 12.2 Å². The van der Waals surface area contributed by atoms with Gasteiger partial charge in [-0.05, 0) is 12.1 Å². The lowest BCUT2D eigenvalue weighted by molar-refractivity contribution is 0.272. The highest BCUT2D eigenvalue weighted by Gasteiger charge is 2.08. The summed E-state index contributed by atoms with van der Waals surface area (Å²) in [4.78, 5) is 0. The number of hydrogen-bond donors (Lipinski definition) is 1. The number of hydrogen-bond acceptors (Lipinski definition) is 4. The Morgan fingerprint density at radius 3 is 2.90 bits per heavy atom. The number of nitrogens with one attached hydrogen (secondary N) is 1. The minimum absolute atomic E-state index is 0.100. The highest BCUT2D eigenvalue weighted by Crippen LogP contribution is 2.18. The molecule has 2 aromatic rings. The van der Waals surface area contributed by atoms with Crippen molar-refractivity contribution in [3.63, 3.8) is 0 Å². The quantitative estimate of drug-likeness (QED) is 0.850. The summed E-state index contributed by atoms with van der Waals surface area (Å²) in [6.45, 7) is 5.32. The van der Waals surface area contributed by atoms with E-state index in [0.29, 0.717) is 19.1 Å². The van der Waals surface area contributed by atoms with Gasteiger partial charge < -0.3 is 10.1 Å². The number of ether oxygens (including phenoxy) is 1. The van der Waals surface area contributed by atoms with E-state index in [-0.39, 0.29) is 12.4 Å². The number of halogens is 2. The van der Waals surface area contributed by atoms with Crippen molar-refractivity contribution in [3.8, 4) is 5.75 Å². The van der Waals surface area contributed by atoms with Gasteiger partial charge in [-0.1, -0.05) is 25.1 Å². The first-order valence-electron chi connectivity index (χ1n) is 6.75. The van der Waals surface area contributed by atoms with Gasteiger partial charge in [-0.25, -0.2) is 9.07 Å². The fraction of sp³-hybridized carbons (Fsp3) is 0.429. The maximum atomic E-state index is 13.4. The molecule has 1 aromatic carbocycles. The van der Waals surface area contributed by atoms with E-state index in [4.69, 9.17) is 4.74 Å². The normalized spacial score (nSPS) is 11.1. The van der Waals surface area contributed by atoms with Crippen molar-refractivity contribution in [1.29, 1.82) is 0 Å². The summed E-state index contributed by atoms with van der Waals surface area (Å²) in [6, 6.07) is 4.21. The van der Waals surface area contributed by atoms with E-state index < -0.39 is 11.6 Å². The van der Waals surface area contributed by atoms with E-state index in [0.717, 1.165) is 11.8 Å². The summed E-state index contributed by atoms with van der Waals surface area (Å²) < 4.78 is 33.2. The van der Waals surface area contributed by atoms with Crippen LogP contribution in [0.1, 0.15) is 19.5 Å². The van der Waals surface area contributed by atoms with Gasteiger partial charge in [-0.15, -0.1) is 5.10 Å². The third-order valence-electron chi connectivity index (χ3n) is 2.77. The predicted molar refractivity (Wildman–Crippen MR) is 73.9 cm³/mol. The molecule has 0 aliphatic carbocycles. The molecule has 0 saturated carbocycles. The zero-order valence-electron chi connectivity index (χ0n) is 12.0. The van der Waals surface area contributed by atoms with Crippen LogP contribution in [0.25, 0.3) is 0 Å². The van der Waals surface area contributed by atoms with Crippen molar-refractivity contribution in [2.45, 2.75) is 33.0 Å². The average molecular weight is 296 g/mol. The molecule has 1 heterocycles. The van der Waals surface area contributed by atoms with Crippen LogP contribution >= 0.6 is 0 Å². The minimum Gasteiger partial charge on any atom is -0.488 e. The second-order valence-electron chi connectivity index (χ2n) is 4.91. The van der Waals surface area contributed by atoms with Gasteiger partial charge in [0.15, 0.2) is 11.6 Å². The molecule has 2 rings (SSSR count). The molecule has 0 aliphatic heterocycles. The Bertz CT molecular complexity index is 586. The molecule has 0 atom stereocenters. The van der Waals surface area contributed by atoms with E-state index >= 15 is 0 Å². The zero-order chi connectivity index (χ0) is 15.2. The van der Waals surface area contributed by atoms with Crippen LogP contribution < -0.4 is 10.1 Å². The Kier molecular flexibility index (Phi) is 5.21. The van der Waals surface area contributed by atoms with Gasteiger partial charge in [0.2, 0.25) is 5.82 Å². The van der Waals surface area contributed by atoms with Gasteiger partial charge in [-0.3, -0.25) is 0 Å². The van der Waals surface area contributed by atoms with Crippen molar-refractivity contribution < 1.29 is 13.5 Å². The van der Waals surface area contributed by atoms with Crippen LogP contribution in [0.15, 0.2) is 24.4 Å². The lowest BCUT2D eigenvalue weighted by Gasteiger charge is -2.07. The Balaban J connectivity index is 1.82. The number of benzene rings is 1. The van der Waals surface area contributed by atoms with Gasteiger partial charge in [0.25, 0.3) is 0 Å². The molecule has 5 nitrogen and oxygen atoms in total. The Hall–Kier alpha value is -2.02. The molecule has 0 radical (unpaired) electrons. The molecule has 0 unspecified atom stereocenters. The summed E-state index contributed by atoms with van der Waals surface area (Å²) in [5.41, 5.74) is 0.820. The Morgan fingerprint density at radius 1 is 1.33 bits per heavy atom. The predicted octanol–water partition coefficient (Wildman–Crippen LogP) is 2.13. The van der Waals surface area contributed by atoms with Gasteiger partial charge in [0.1, 0.15) is 6.61 Å². The summed E-state index contributed by atoms with van der Waals surface area (Å²) in [5.74, 6) is -2.00. The first-order valence-corrected chi connectivity index (χ1v) is 6.75. The summed E-state index contributed by atoms with van der Waals surface area (Å²) in [5, 5.41) is 11.2. The second-order valence-corrected chi connectivity index (χ2v) is 4.91. The zero-order valence-corrected chi connectivity index (χ0v) is 12.0. The van der Waals surface area contributed by atoms with Crippen LogP contribution in [0.2, 0.25) is 0 Å². The molecule has 0 fully saturated rings. The molecule has 7 heteroatoms. The monoisotopic (exact) mass is 296 g/mol. The maximum absolute atomic E-state index is 13.4. The van der Waals surface area contributed by atoms with Gasteiger partial charge in [-0.2, -0.15) is 4.39 Å². The van der Waals surface area contributed by atoms with E-state index in [9.17, 15) is 8.78 Å². The molecule has 0 aliphatic rings. The minimum atomic E-state index is -0.974. The number of rotatable bonds is 7. The molecule has 0 amide bonds. The van der Waals surface area contributed by atoms with Crippen molar-refractivity contribution in [2.24, 2.45) is 0 Å². The number of aromatic nitrogens is 3. The molecule has 1 N–H and O–H groups in total. The molecular formula is C14H18F2N4O. The van der Waals surface area contributed by atoms with Gasteiger partial charge in [0, 0.05) is 18.8 Å². The van der Waals surface area contributed by atoms with E-state index in [1.54, 1.807) is 10.9 Å². The third kappa shape index (κ3) is 4.49. The van der Waals surface area contributed by atoms with Crippen molar-refractivity contribution in [3.05, 3.63) is 41.7 Å². The fourth-order valence-corrected chi connectivity index (χ4v) is 1.68. The van der Waals surface area contributed by atoms with Crippen LogP contribution in [0, 0.1) is 11.6 Å².